The van der Waals surface area contributed by atoms with Gasteiger partial charge in [0.2, 0.25) is 0 Å². The molecule has 3 heteroatoms. The first-order chi connectivity index (χ1) is 10.2. The lowest BCUT2D eigenvalue weighted by Gasteiger charge is -2.47. The summed E-state index contributed by atoms with van der Waals surface area (Å²) in [6.07, 6.45) is 4.17. The highest BCUT2D eigenvalue weighted by molar-refractivity contribution is 5.27. The molecule has 1 aromatic rings. The van der Waals surface area contributed by atoms with E-state index in [9.17, 15) is 0 Å². The summed E-state index contributed by atoms with van der Waals surface area (Å²) in [7, 11) is 0. The SMILES string of the molecule is Cc1cccc(OCCN2CC3CCCCN3CC2C)c1. The van der Waals surface area contributed by atoms with Crippen LogP contribution in [0.3, 0.4) is 0 Å². The zero-order valence-corrected chi connectivity index (χ0v) is 13.4. The second-order valence-corrected chi connectivity index (χ2v) is 6.65. The van der Waals surface area contributed by atoms with Crippen molar-refractivity contribution in [2.45, 2.75) is 45.2 Å². The van der Waals surface area contributed by atoms with Crippen molar-refractivity contribution in [1.29, 1.82) is 0 Å². The van der Waals surface area contributed by atoms with Crippen LogP contribution < -0.4 is 4.74 Å². The van der Waals surface area contributed by atoms with Gasteiger partial charge in [0.1, 0.15) is 12.4 Å². The standard InChI is InChI=1S/C18H28N2O/c1-15-6-5-8-18(12-15)21-11-10-19-14-17-7-3-4-9-20(17)13-16(19)2/h5-6,8,12,16-17H,3-4,7,9-11,13-14H2,1-2H3. The summed E-state index contributed by atoms with van der Waals surface area (Å²) in [5.74, 6) is 0.999. The highest BCUT2D eigenvalue weighted by atomic mass is 16.5. The smallest absolute Gasteiger partial charge is 0.119 e. The molecule has 21 heavy (non-hydrogen) atoms. The van der Waals surface area contributed by atoms with Crippen LogP contribution in [0.5, 0.6) is 5.75 Å². The number of hydrogen-bond acceptors (Lipinski definition) is 3. The molecule has 0 bridgehead atoms. The Morgan fingerprint density at radius 2 is 2.14 bits per heavy atom. The van der Waals surface area contributed by atoms with Gasteiger partial charge in [-0.3, -0.25) is 9.80 Å². The van der Waals surface area contributed by atoms with Crippen molar-refractivity contribution in [3.05, 3.63) is 29.8 Å². The minimum atomic E-state index is 0.653. The fourth-order valence-electron chi connectivity index (χ4n) is 3.71. The van der Waals surface area contributed by atoms with Gasteiger partial charge in [-0.15, -0.1) is 0 Å². The molecule has 2 aliphatic rings. The van der Waals surface area contributed by atoms with Crippen molar-refractivity contribution in [2.24, 2.45) is 0 Å². The van der Waals surface area contributed by atoms with Crippen LogP contribution in [0.1, 0.15) is 31.7 Å². The molecule has 116 valence electrons. The number of nitrogens with zero attached hydrogens (tertiary/aromatic N) is 2. The van der Waals surface area contributed by atoms with Gasteiger partial charge in [0.25, 0.3) is 0 Å². The summed E-state index contributed by atoms with van der Waals surface area (Å²) in [6.45, 7) is 10.1. The van der Waals surface area contributed by atoms with Crippen LogP contribution in [0.2, 0.25) is 0 Å². The Balaban J connectivity index is 1.48. The van der Waals surface area contributed by atoms with Gasteiger partial charge in [-0.25, -0.2) is 0 Å². The number of piperidine rings is 1. The Labute approximate surface area is 128 Å². The van der Waals surface area contributed by atoms with Gasteiger partial charge >= 0.3 is 0 Å². The number of hydrogen-bond donors (Lipinski definition) is 0. The molecule has 0 spiro atoms. The Bertz CT molecular complexity index is 462. The molecule has 3 rings (SSSR count). The van der Waals surface area contributed by atoms with E-state index >= 15 is 0 Å². The third-order valence-corrected chi connectivity index (χ3v) is 4.95. The maximum atomic E-state index is 5.92. The molecule has 2 aliphatic heterocycles. The largest absolute Gasteiger partial charge is 0.492 e. The van der Waals surface area contributed by atoms with Crippen LogP contribution >= 0.6 is 0 Å². The van der Waals surface area contributed by atoms with Gasteiger partial charge in [-0.05, 0) is 50.9 Å². The zero-order valence-electron chi connectivity index (χ0n) is 13.4. The van der Waals surface area contributed by atoms with Gasteiger partial charge in [-0.2, -0.15) is 0 Å². The van der Waals surface area contributed by atoms with Gasteiger partial charge in [0.05, 0.1) is 0 Å². The second kappa shape index (κ2) is 6.80. The maximum absolute atomic E-state index is 5.92. The number of piperazine rings is 1. The molecule has 2 fully saturated rings. The number of ether oxygens (including phenoxy) is 1. The molecule has 0 aromatic heterocycles. The third kappa shape index (κ3) is 3.78. The van der Waals surface area contributed by atoms with E-state index in [0.717, 1.165) is 24.9 Å². The van der Waals surface area contributed by atoms with E-state index in [1.807, 2.05) is 0 Å². The molecule has 2 atom stereocenters. The fourth-order valence-corrected chi connectivity index (χ4v) is 3.71. The van der Waals surface area contributed by atoms with Crippen molar-refractivity contribution in [3.63, 3.8) is 0 Å². The number of fused-ring (bicyclic) bond motifs is 1. The van der Waals surface area contributed by atoms with E-state index in [-0.39, 0.29) is 0 Å². The van der Waals surface area contributed by atoms with Crippen molar-refractivity contribution in [1.82, 2.24) is 9.80 Å². The monoisotopic (exact) mass is 288 g/mol. The summed E-state index contributed by atoms with van der Waals surface area (Å²) < 4.78 is 5.92. The molecule has 2 unspecified atom stereocenters. The Kier molecular flexibility index (Phi) is 4.81. The molecule has 1 aromatic carbocycles. The highest BCUT2D eigenvalue weighted by Crippen LogP contribution is 2.23. The first-order valence-electron chi connectivity index (χ1n) is 8.40. The van der Waals surface area contributed by atoms with E-state index in [1.165, 1.54) is 44.5 Å². The van der Waals surface area contributed by atoms with Crippen LogP contribution in [0.4, 0.5) is 0 Å². The van der Waals surface area contributed by atoms with Crippen LogP contribution in [-0.4, -0.2) is 54.7 Å². The highest BCUT2D eigenvalue weighted by Gasteiger charge is 2.32. The van der Waals surface area contributed by atoms with E-state index in [0.29, 0.717) is 6.04 Å². The Hall–Kier alpha value is -1.06. The van der Waals surface area contributed by atoms with Crippen LogP contribution in [-0.2, 0) is 0 Å². The van der Waals surface area contributed by atoms with E-state index < -0.39 is 0 Å². The number of rotatable bonds is 4. The van der Waals surface area contributed by atoms with Gasteiger partial charge < -0.3 is 4.74 Å². The summed E-state index contributed by atoms with van der Waals surface area (Å²) in [5.41, 5.74) is 1.26. The maximum Gasteiger partial charge on any atom is 0.119 e. The molecule has 2 heterocycles. The van der Waals surface area contributed by atoms with Gasteiger partial charge in [-0.1, -0.05) is 18.6 Å². The predicted octanol–water partition coefficient (Wildman–Crippen LogP) is 2.93. The lowest BCUT2D eigenvalue weighted by atomic mass is 9.97. The van der Waals surface area contributed by atoms with Crippen molar-refractivity contribution >= 4 is 0 Å². The molecule has 0 saturated carbocycles. The molecule has 2 saturated heterocycles. The van der Waals surface area contributed by atoms with Crippen molar-refractivity contribution in [3.8, 4) is 5.75 Å². The number of aryl methyl sites for hydroxylation is 1. The Morgan fingerprint density at radius 1 is 1.24 bits per heavy atom. The lowest BCUT2D eigenvalue weighted by Crippen LogP contribution is -2.59. The topological polar surface area (TPSA) is 15.7 Å². The van der Waals surface area contributed by atoms with Crippen LogP contribution in [0, 0.1) is 6.92 Å². The minimum absolute atomic E-state index is 0.653. The van der Waals surface area contributed by atoms with E-state index in [2.05, 4.69) is 47.9 Å². The first kappa shape index (κ1) is 14.9. The molecular formula is C18H28N2O. The first-order valence-corrected chi connectivity index (χ1v) is 8.40. The van der Waals surface area contributed by atoms with Crippen molar-refractivity contribution in [2.75, 3.05) is 32.8 Å². The zero-order chi connectivity index (χ0) is 14.7. The number of benzene rings is 1. The second-order valence-electron chi connectivity index (χ2n) is 6.65. The molecule has 0 aliphatic carbocycles. The Morgan fingerprint density at radius 3 is 3.00 bits per heavy atom. The normalized spacial score (nSPS) is 27.3. The summed E-state index contributed by atoms with van der Waals surface area (Å²) in [6, 6.07) is 9.78. The summed E-state index contributed by atoms with van der Waals surface area (Å²) in [4.78, 5) is 5.31. The minimum Gasteiger partial charge on any atom is -0.492 e. The predicted molar refractivity (Wildman–Crippen MR) is 86.9 cm³/mol. The van der Waals surface area contributed by atoms with Gasteiger partial charge in [0.15, 0.2) is 0 Å². The van der Waals surface area contributed by atoms with Crippen LogP contribution in [0.25, 0.3) is 0 Å². The summed E-state index contributed by atoms with van der Waals surface area (Å²) >= 11 is 0. The average molecular weight is 288 g/mol. The lowest BCUT2D eigenvalue weighted by molar-refractivity contribution is 0.00973. The molecule has 0 N–H and O–H groups in total. The molecular weight excluding hydrogens is 260 g/mol. The van der Waals surface area contributed by atoms with E-state index in [4.69, 9.17) is 4.74 Å². The van der Waals surface area contributed by atoms with E-state index in [1.54, 1.807) is 0 Å². The molecule has 0 radical (unpaired) electrons. The van der Waals surface area contributed by atoms with Crippen LogP contribution in [0.15, 0.2) is 24.3 Å². The van der Waals surface area contributed by atoms with Gasteiger partial charge in [0, 0.05) is 31.7 Å². The van der Waals surface area contributed by atoms with Crippen molar-refractivity contribution < 1.29 is 4.74 Å². The quantitative estimate of drug-likeness (QED) is 0.847. The fraction of sp³-hybridized carbons (Fsp3) is 0.667. The average Bonchev–Trinajstić information content (AvgIpc) is 2.48. The third-order valence-electron chi connectivity index (χ3n) is 4.95. The molecule has 3 nitrogen and oxygen atoms in total. The summed E-state index contributed by atoms with van der Waals surface area (Å²) in [5, 5.41) is 0. The molecule has 0 amide bonds.